The van der Waals surface area contributed by atoms with Crippen LogP contribution in [-0.2, 0) is 10.0 Å². The van der Waals surface area contributed by atoms with Gasteiger partial charge in [0.05, 0.1) is 0 Å². The summed E-state index contributed by atoms with van der Waals surface area (Å²) in [5.74, 6) is -5.94. The first-order valence-corrected chi connectivity index (χ1v) is 7.38. The Morgan fingerprint density at radius 1 is 1.05 bits per heavy atom. The van der Waals surface area contributed by atoms with Gasteiger partial charge in [0.25, 0.3) is 10.0 Å². The Bertz CT molecular complexity index is 443. The van der Waals surface area contributed by atoms with Gasteiger partial charge in [0.1, 0.15) is 0 Å². The molecule has 10 heteroatoms. The highest BCUT2D eigenvalue weighted by Crippen LogP contribution is 2.46. The Labute approximate surface area is 113 Å². The van der Waals surface area contributed by atoms with Gasteiger partial charge < -0.3 is 0 Å². The van der Waals surface area contributed by atoms with Crippen LogP contribution in [0.25, 0.3) is 0 Å². The Kier molecular flexibility index (Phi) is 4.70. The number of hydrogen-bond acceptors (Lipinski definition) is 2. The van der Waals surface area contributed by atoms with E-state index in [1.807, 2.05) is 0 Å². The predicted octanol–water partition coefficient (Wildman–Crippen LogP) is 3.07. The summed E-state index contributed by atoms with van der Waals surface area (Å²) in [5.41, 5.74) is 0. The molecule has 0 radical (unpaired) electrons. The van der Waals surface area contributed by atoms with Crippen LogP contribution < -0.4 is 0 Å². The van der Waals surface area contributed by atoms with Gasteiger partial charge in [0.2, 0.25) is 0 Å². The van der Waals surface area contributed by atoms with Gasteiger partial charge in [-0.15, -0.1) is 0 Å². The highest BCUT2D eigenvalue weighted by Gasteiger charge is 2.72. The maximum atomic E-state index is 13.5. The van der Waals surface area contributed by atoms with Gasteiger partial charge in [0.15, 0.2) is 0 Å². The molecule has 0 bridgehead atoms. The van der Waals surface area contributed by atoms with Crippen molar-refractivity contribution < 1.29 is 34.8 Å². The standard InChI is InChI=1S/C10H15F6NO2S/c1-6-4-3-5-7(2)17(6)20(18,19)10(15,16)9(13,14)8(11)12/h6-8H,3-5H2,1-2H3. The van der Waals surface area contributed by atoms with Crippen LogP contribution in [0, 0.1) is 0 Å². The maximum absolute atomic E-state index is 13.5. The lowest BCUT2D eigenvalue weighted by Gasteiger charge is -2.40. The normalized spacial score (nSPS) is 27.1. The summed E-state index contributed by atoms with van der Waals surface area (Å²) < 4.78 is 101. The molecular weight excluding hydrogens is 312 g/mol. The van der Waals surface area contributed by atoms with E-state index in [4.69, 9.17) is 0 Å². The molecule has 0 aromatic rings. The van der Waals surface area contributed by atoms with Crippen LogP contribution in [0.2, 0.25) is 0 Å². The van der Waals surface area contributed by atoms with Crippen molar-refractivity contribution in [2.45, 2.75) is 62.8 Å². The average molecular weight is 327 g/mol. The monoisotopic (exact) mass is 327 g/mol. The minimum atomic E-state index is -5.94. The van der Waals surface area contributed by atoms with Crippen molar-refractivity contribution in [2.24, 2.45) is 0 Å². The van der Waals surface area contributed by atoms with Crippen LogP contribution >= 0.6 is 0 Å². The van der Waals surface area contributed by atoms with Crippen molar-refractivity contribution in [3.63, 3.8) is 0 Å². The third-order valence-corrected chi connectivity index (χ3v) is 5.57. The Morgan fingerprint density at radius 2 is 1.45 bits per heavy atom. The van der Waals surface area contributed by atoms with Crippen LogP contribution in [0.3, 0.4) is 0 Å². The van der Waals surface area contributed by atoms with Gasteiger partial charge in [-0.1, -0.05) is 6.42 Å². The third kappa shape index (κ3) is 2.51. The maximum Gasteiger partial charge on any atom is 0.426 e. The zero-order valence-corrected chi connectivity index (χ0v) is 11.6. The van der Waals surface area contributed by atoms with Gasteiger partial charge in [0, 0.05) is 12.1 Å². The summed E-state index contributed by atoms with van der Waals surface area (Å²) in [5, 5.41) is -5.85. The molecule has 0 amide bonds. The zero-order valence-electron chi connectivity index (χ0n) is 10.8. The fourth-order valence-electron chi connectivity index (χ4n) is 2.30. The summed E-state index contributed by atoms with van der Waals surface area (Å²) in [6, 6.07) is -1.88. The predicted molar refractivity (Wildman–Crippen MR) is 59.4 cm³/mol. The molecule has 0 saturated carbocycles. The van der Waals surface area contributed by atoms with Crippen molar-refractivity contribution in [1.29, 1.82) is 0 Å². The van der Waals surface area contributed by atoms with E-state index in [2.05, 4.69) is 0 Å². The van der Waals surface area contributed by atoms with Gasteiger partial charge in [-0.3, -0.25) is 0 Å². The molecule has 0 aromatic carbocycles. The molecule has 1 aliphatic rings. The Morgan fingerprint density at radius 3 is 1.80 bits per heavy atom. The van der Waals surface area contributed by atoms with Gasteiger partial charge in [-0.05, 0) is 26.7 Å². The van der Waals surface area contributed by atoms with Crippen LogP contribution in [0.15, 0.2) is 0 Å². The highest BCUT2D eigenvalue weighted by molar-refractivity contribution is 7.90. The van der Waals surface area contributed by atoms with Gasteiger partial charge in [-0.25, -0.2) is 17.2 Å². The molecule has 1 saturated heterocycles. The van der Waals surface area contributed by atoms with E-state index in [1.165, 1.54) is 13.8 Å². The molecule has 0 aromatic heterocycles. The summed E-state index contributed by atoms with van der Waals surface area (Å²) >= 11 is 0. The van der Waals surface area contributed by atoms with E-state index in [0.29, 0.717) is 6.42 Å². The highest BCUT2D eigenvalue weighted by atomic mass is 32.2. The van der Waals surface area contributed by atoms with Crippen molar-refractivity contribution in [2.75, 3.05) is 0 Å². The first-order chi connectivity index (χ1) is 8.87. The van der Waals surface area contributed by atoms with Crippen LogP contribution in [0.1, 0.15) is 33.1 Å². The minimum Gasteiger partial charge on any atom is -0.206 e. The number of halogens is 6. The van der Waals surface area contributed by atoms with Crippen LogP contribution in [0.5, 0.6) is 0 Å². The number of nitrogens with zero attached hydrogens (tertiary/aromatic N) is 1. The fourth-order valence-corrected chi connectivity index (χ4v) is 4.16. The Balaban J connectivity index is 3.27. The summed E-state index contributed by atoms with van der Waals surface area (Å²) in [4.78, 5) is 0. The molecule has 0 spiro atoms. The molecule has 1 rings (SSSR count). The zero-order chi connectivity index (χ0) is 15.9. The van der Waals surface area contributed by atoms with E-state index < -0.39 is 39.7 Å². The van der Waals surface area contributed by atoms with E-state index >= 15 is 0 Å². The second kappa shape index (κ2) is 5.36. The molecule has 1 aliphatic heterocycles. The first kappa shape index (κ1) is 17.5. The molecule has 2 atom stereocenters. The average Bonchev–Trinajstić information content (AvgIpc) is 2.27. The minimum absolute atomic E-state index is 0.208. The van der Waals surface area contributed by atoms with Crippen molar-refractivity contribution >= 4 is 10.0 Å². The SMILES string of the molecule is CC1CCCC(C)N1S(=O)(=O)C(F)(F)C(F)(F)C(F)F. The molecular formula is C10H15F6NO2S. The van der Waals surface area contributed by atoms with Gasteiger partial charge >= 0.3 is 17.6 Å². The van der Waals surface area contributed by atoms with E-state index in [1.54, 1.807) is 0 Å². The molecule has 1 fully saturated rings. The van der Waals surface area contributed by atoms with E-state index in [-0.39, 0.29) is 17.1 Å². The number of rotatable bonds is 4. The molecule has 120 valence electrons. The Hall–Kier alpha value is -0.510. The molecule has 0 aliphatic carbocycles. The second-order valence-electron chi connectivity index (χ2n) is 4.90. The summed E-state index contributed by atoms with van der Waals surface area (Å²) in [6.45, 7) is 2.56. The third-order valence-electron chi connectivity index (χ3n) is 3.38. The molecule has 1 heterocycles. The van der Waals surface area contributed by atoms with Crippen molar-refractivity contribution in [3.8, 4) is 0 Å². The number of sulfonamides is 1. The molecule has 0 N–H and O–H groups in total. The summed E-state index contributed by atoms with van der Waals surface area (Å²) in [6.07, 6.45) is -3.81. The second-order valence-corrected chi connectivity index (χ2v) is 6.79. The summed E-state index contributed by atoms with van der Waals surface area (Å²) in [7, 11) is -5.89. The van der Waals surface area contributed by atoms with Crippen LogP contribution in [-0.4, -0.2) is 42.4 Å². The lowest BCUT2D eigenvalue weighted by atomic mass is 10.0. The first-order valence-electron chi connectivity index (χ1n) is 5.94. The number of piperidine rings is 1. The molecule has 2 unspecified atom stereocenters. The van der Waals surface area contributed by atoms with Crippen molar-refractivity contribution in [3.05, 3.63) is 0 Å². The largest absolute Gasteiger partial charge is 0.426 e. The van der Waals surface area contributed by atoms with Crippen molar-refractivity contribution in [1.82, 2.24) is 4.31 Å². The number of hydrogen-bond donors (Lipinski definition) is 0. The smallest absolute Gasteiger partial charge is 0.206 e. The number of alkyl halides is 6. The van der Waals surface area contributed by atoms with E-state index in [0.717, 1.165) is 0 Å². The molecule has 3 nitrogen and oxygen atoms in total. The lowest BCUT2D eigenvalue weighted by molar-refractivity contribution is -0.227. The van der Waals surface area contributed by atoms with E-state index in [9.17, 15) is 34.8 Å². The van der Waals surface area contributed by atoms with Crippen LogP contribution in [0.4, 0.5) is 26.3 Å². The molecule has 20 heavy (non-hydrogen) atoms. The fraction of sp³-hybridized carbons (Fsp3) is 1.00. The van der Waals surface area contributed by atoms with Gasteiger partial charge in [-0.2, -0.15) is 21.9 Å². The quantitative estimate of drug-likeness (QED) is 0.744. The topological polar surface area (TPSA) is 37.4 Å². The lowest BCUT2D eigenvalue weighted by Crippen LogP contribution is -2.60.